The van der Waals surface area contributed by atoms with Crippen LogP contribution in [0.15, 0.2) is 65.2 Å². The second-order valence-corrected chi connectivity index (χ2v) is 7.29. The predicted molar refractivity (Wildman–Crippen MR) is 125 cm³/mol. The first-order chi connectivity index (χ1) is 14.3. The van der Waals surface area contributed by atoms with Gasteiger partial charge in [-0.2, -0.15) is 0 Å². The van der Waals surface area contributed by atoms with Crippen LogP contribution < -0.4 is 5.32 Å². The summed E-state index contributed by atoms with van der Waals surface area (Å²) in [5, 5.41) is 7.24. The van der Waals surface area contributed by atoms with Gasteiger partial charge in [0.25, 0.3) is 0 Å². The predicted octanol–water partition coefficient (Wildman–Crippen LogP) is 5.33. The molecule has 1 atom stereocenters. The Balaban J connectivity index is 2.43. The maximum absolute atomic E-state index is 5.37. The van der Waals surface area contributed by atoms with Crippen LogP contribution in [0.2, 0.25) is 0 Å². The maximum Gasteiger partial charge on any atom is 0.152 e. The van der Waals surface area contributed by atoms with E-state index in [4.69, 9.17) is 14.8 Å². The Morgan fingerprint density at radius 2 is 1.93 bits per heavy atom. The van der Waals surface area contributed by atoms with E-state index in [0.717, 1.165) is 40.3 Å². The Morgan fingerprint density at radius 3 is 2.57 bits per heavy atom. The lowest BCUT2D eigenvalue weighted by atomic mass is 10.1. The van der Waals surface area contributed by atoms with Crippen LogP contribution in [0.3, 0.4) is 0 Å². The molecule has 0 spiro atoms. The van der Waals surface area contributed by atoms with Gasteiger partial charge in [-0.15, -0.1) is 0 Å². The zero-order valence-corrected chi connectivity index (χ0v) is 18.7. The minimum absolute atomic E-state index is 0.312. The van der Waals surface area contributed by atoms with E-state index in [1.54, 1.807) is 0 Å². The zero-order valence-electron chi connectivity index (χ0n) is 18.7. The number of nitrogens with zero attached hydrogens (tertiary/aromatic N) is 4. The Morgan fingerprint density at radius 1 is 1.20 bits per heavy atom. The van der Waals surface area contributed by atoms with E-state index >= 15 is 0 Å². The topological polar surface area (TPSA) is 71.8 Å². The van der Waals surface area contributed by atoms with Crippen molar-refractivity contribution in [1.29, 1.82) is 0 Å². The van der Waals surface area contributed by atoms with Gasteiger partial charge in [-0.1, -0.05) is 36.9 Å². The number of hydrogen-bond acceptors (Lipinski definition) is 5. The number of pyridine rings is 2. The molecule has 0 amide bonds. The van der Waals surface area contributed by atoms with Crippen molar-refractivity contribution in [3.05, 3.63) is 71.9 Å². The van der Waals surface area contributed by atoms with Crippen LogP contribution in [0.4, 0.5) is 0 Å². The SMILES string of the molecule is C=C(ON=C(C)C)C(C)N=C(N/C=C/CC)c1nc(-c2ccc(C)cn2)ccc1C. The Hall–Kier alpha value is -3.28. The van der Waals surface area contributed by atoms with Crippen LogP contribution in [-0.4, -0.2) is 27.6 Å². The molecule has 0 saturated heterocycles. The number of aromatic nitrogens is 2. The van der Waals surface area contributed by atoms with E-state index in [1.807, 2.05) is 77.4 Å². The van der Waals surface area contributed by atoms with Crippen molar-refractivity contribution >= 4 is 11.5 Å². The summed E-state index contributed by atoms with van der Waals surface area (Å²) in [7, 11) is 0. The average molecular weight is 406 g/mol. The summed E-state index contributed by atoms with van der Waals surface area (Å²) in [4.78, 5) is 19.5. The molecule has 0 bridgehead atoms. The molecule has 0 aliphatic carbocycles. The lowest BCUT2D eigenvalue weighted by Crippen LogP contribution is -2.24. The minimum atomic E-state index is -0.312. The van der Waals surface area contributed by atoms with Gasteiger partial charge in [-0.25, -0.2) is 4.98 Å². The number of aryl methyl sites for hydroxylation is 2. The van der Waals surface area contributed by atoms with Crippen molar-refractivity contribution in [2.24, 2.45) is 10.1 Å². The molecule has 2 aromatic rings. The van der Waals surface area contributed by atoms with E-state index in [9.17, 15) is 0 Å². The van der Waals surface area contributed by atoms with Gasteiger partial charge in [-0.05, 0) is 70.5 Å². The molecule has 2 rings (SSSR count). The average Bonchev–Trinajstić information content (AvgIpc) is 2.72. The smallest absolute Gasteiger partial charge is 0.152 e. The molecule has 0 aliphatic heterocycles. The number of rotatable bonds is 8. The highest BCUT2D eigenvalue weighted by atomic mass is 16.6. The fraction of sp³-hybridized carbons (Fsp3) is 0.333. The molecular formula is C24H31N5O. The van der Waals surface area contributed by atoms with Crippen molar-refractivity contribution in [3.63, 3.8) is 0 Å². The summed E-state index contributed by atoms with van der Waals surface area (Å²) in [5.74, 6) is 1.10. The highest BCUT2D eigenvalue weighted by molar-refractivity contribution is 5.99. The normalized spacial score (nSPS) is 12.5. The van der Waals surface area contributed by atoms with E-state index in [2.05, 4.69) is 29.0 Å². The van der Waals surface area contributed by atoms with E-state index in [-0.39, 0.29) is 6.04 Å². The lowest BCUT2D eigenvalue weighted by molar-refractivity contribution is 0.211. The second kappa shape index (κ2) is 11.0. The fourth-order valence-electron chi connectivity index (χ4n) is 2.44. The molecule has 0 fully saturated rings. The van der Waals surface area contributed by atoms with Crippen LogP contribution in [0.25, 0.3) is 11.4 Å². The molecular weight excluding hydrogens is 374 g/mol. The summed E-state index contributed by atoms with van der Waals surface area (Å²) >= 11 is 0. The zero-order chi connectivity index (χ0) is 22.1. The molecule has 0 aliphatic rings. The number of amidine groups is 1. The van der Waals surface area contributed by atoms with Crippen LogP contribution >= 0.6 is 0 Å². The minimum Gasteiger partial charge on any atom is -0.360 e. The van der Waals surface area contributed by atoms with Gasteiger partial charge in [0, 0.05) is 6.20 Å². The monoisotopic (exact) mass is 405 g/mol. The first-order valence-electron chi connectivity index (χ1n) is 10.1. The molecule has 6 heteroatoms. The number of oxime groups is 1. The van der Waals surface area contributed by atoms with Crippen molar-refractivity contribution in [2.75, 3.05) is 0 Å². The Kier molecular flexibility index (Phi) is 8.47. The highest BCUT2D eigenvalue weighted by Gasteiger charge is 2.14. The van der Waals surface area contributed by atoms with Crippen LogP contribution in [0.1, 0.15) is 50.9 Å². The molecule has 2 heterocycles. The maximum atomic E-state index is 5.37. The van der Waals surface area contributed by atoms with Crippen LogP contribution in [-0.2, 0) is 4.84 Å². The quantitative estimate of drug-likeness (QED) is 0.279. The third-order valence-corrected chi connectivity index (χ3v) is 4.20. The van der Waals surface area contributed by atoms with E-state index in [0.29, 0.717) is 11.6 Å². The summed E-state index contributed by atoms with van der Waals surface area (Å²) in [6.07, 6.45) is 6.65. The second-order valence-electron chi connectivity index (χ2n) is 7.29. The van der Waals surface area contributed by atoms with Gasteiger partial charge in [0.1, 0.15) is 11.7 Å². The Bertz CT molecular complexity index is 954. The summed E-state index contributed by atoms with van der Waals surface area (Å²) in [6.45, 7) is 15.7. The molecule has 158 valence electrons. The molecule has 0 saturated carbocycles. The first kappa shape index (κ1) is 23.0. The van der Waals surface area contributed by atoms with Crippen molar-refractivity contribution in [3.8, 4) is 11.4 Å². The summed E-state index contributed by atoms with van der Waals surface area (Å²) < 4.78 is 0. The number of hydrogen-bond donors (Lipinski definition) is 1. The highest BCUT2D eigenvalue weighted by Crippen LogP contribution is 2.18. The van der Waals surface area contributed by atoms with Gasteiger partial charge in [0.15, 0.2) is 11.6 Å². The summed E-state index contributed by atoms with van der Waals surface area (Å²) in [6, 6.07) is 7.69. The van der Waals surface area contributed by atoms with Gasteiger partial charge in [-0.3, -0.25) is 9.98 Å². The Labute approximate surface area is 179 Å². The molecule has 1 N–H and O–H groups in total. The van der Waals surface area contributed by atoms with Crippen molar-refractivity contribution in [2.45, 2.75) is 54.0 Å². The largest absolute Gasteiger partial charge is 0.360 e. The fourth-order valence-corrected chi connectivity index (χ4v) is 2.44. The third-order valence-electron chi connectivity index (χ3n) is 4.20. The number of nitrogens with one attached hydrogen (secondary N) is 1. The molecule has 1 unspecified atom stereocenters. The molecule has 0 aromatic carbocycles. The molecule has 0 radical (unpaired) electrons. The number of aliphatic imine (C=N–C) groups is 1. The first-order valence-corrected chi connectivity index (χ1v) is 10.1. The van der Waals surface area contributed by atoms with Crippen molar-refractivity contribution < 1.29 is 4.84 Å². The van der Waals surface area contributed by atoms with E-state index in [1.165, 1.54) is 0 Å². The van der Waals surface area contributed by atoms with E-state index < -0.39 is 0 Å². The van der Waals surface area contributed by atoms with Crippen LogP contribution in [0, 0.1) is 13.8 Å². The van der Waals surface area contributed by atoms with Gasteiger partial charge < -0.3 is 10.2 Å². The molecule has 30 heavy (non-hydrogen) atoms. The van der Waals surface area contributed by atoms with Crippen molar-refractivity contribution in [1.82, 2.24) is 15.3 Å². The third kappa shape index (κ3) is 6.65. The lowest BCUT2D eigenvalue weighted by Gasteiger charge is -2.14. The number of allylic oxidation sites excluding steroid dienone is 1. The van der Waals surface area contributed by atoms with Gasteiger partial charge >= 0.3 is 0 Å². The summed E-state index contributed by atoms with van der Waals surface area (Å²) in [5.41, 5.74) is 5.29. The molecule has 6 nitrogen and oxygen atoms in total. The van der Waals surface area contributed by atoms with Gasteiger partial charge in [0.05, 0.1) is 17.1 Å². The molecule has 2 aromatic heterocycles. The van der Waals surface area contributed by atoms with Crippen LogP contribution in [0.5, 0.6) is 0 Å². The van der Waals surface area contributed by atoms with Gasteiger partial charge in [0.2, 0.25) is 0 Å². The standard InChI is InChI=1S/C24H31N5O/c1-8-9-14-25-24(27-19(6)20(7)30-29-16(2)3)23-18(5)11-13-22(28-23)21-12-10-17(4)15-26-21/h9-15,19H,7-8H2,1-6H3,(H,25,27)/b14-9+.